The minimum Gasteiger partial charge on any atom is -0.189 e. The van der Waals surface area contributed by atoms with Gasteiger partial charge in [0, 0.05) is 0 Å². The van der Waals surface area contributed by atoms with E-state index in [1.54, 1.807) is 0 Å². The van der Waals surface area contributed by atoms with Crippen molar-refractivity contribution in [3.63, 3.8) is 0 Å². The third kappa shape index (κ3) is 5.18. The molecule has 0 aliphatic heterocycles. The summed E-state index contributed by atoms with van der Waals surface area (Å²) in [5.41, 5.74) is 0. The molecule has 0 amide bonds. The first-order valence-electron chi connectivity index (χ1n) is 1.28. The van der Waals surface area contributed by atoms with E-state index < -0.39 is 0 Å². The highest BCUT2D eigenvalue weighted by molar-refractivity contribution is 8.43. The molecule has 0 aromatic rings. The Balaban J connectivity index is 2.63. The molecule has 0 radical (unpaired) electrons. The van der Waals surface area contributed by atoms with Gasteiger partial charge in [0.15, 0.2) is 0 Å². The fourth-order valence-electron chi connectivity index (χ4n) is 0.0563. The molecule has 5 heteroatoms. The van der Waals surface area contributed by atoms with Gasteiger partial charge in [-0.3, -0.25) is 0 Å². The second-order valence-electron chi connectivity index (χ2n) is 0.752. The van der Waals surface area contributed by atoms with Crippen molar-refractivity contribution in [1.82, 2.24) is 0 Å². The highest BCUT2D eigenvalue weighted by Crippen LogP contribution is 2.52. The molecule has 0 rings (SSSR count). The monoisotopic (exact) mass is 146 g/mol. The quantitative estimate of drug-likeness (QED) is 0.540. The van der Waals surface area contributed by atoms with Gasteiger partial charge in [0.1, 0.15) is 6.35 Å². The van der Waals surface area contributed by atoms with Gasteiger partial charge in [-0.2, -0.15) is 4.94 Å². The first kappa shape index (κ1) is 7.18. The van der Waals surface area contributed by atoms with Crippen molar-refractivity contribution in [3.05, 3.63) is 0 Å². The van der Waals surface area contributed by atoms with Crippen molar-refractivity contribution in [1.29, 1.82) is 0 Å². The summed E-state index contributed by atoms with van der Waals surface area (Å²) in [6, 6.07) is 0. The molecule has 0 aliphatic rings. The van der Waals surface area contributed by atoms with Crippen LogP contribution in [-0.2, 0) is 4.94 Å². The third-order valence-corrected chi connectivity index (χ3v) is 1.49. The van der Waals surface area contributed by atoms with Gasteiger partial charge in [0.2, 0.25) is 0 Å². The number of hydrogen-bond donors (Lipinski definition) is 0. The summed E-state index contributed by atoms with van der Waals surface area (Å²) >= 11 is 0. The Morgan fingerprint density at radius 3 is 2.17 bits per heavy atom. The van der Waals surface area contributed by atoms with Gasteiger partial charge in [0.25, 0.3) is 0 Å². The summed E-state index contributed by atoms with van der Waals surface area (Å²) in [6.45, 7) is 0. The van der Waals surface area contributed by atoms with Gasteiger partial charge in [-0.15, -0.1) is 17.9 Å². The van der Waals surface area contributed by atoms with Crippen LogP contribution in [0.1, 0.15) is 0 Å². The maximum atomic E-state index is 10.7. The molecule has 0 saturated heterocycles. The minimum absolute atomic E-state index is 0.199. The molecule has 0 N–H and O–H groups in total. The second-order valence-corrected chi connectivity index (χ2v) is 7.81. The summed E-state index contributed by atoms with van der Waals surface area (Å²) in [5, 5.41) is 0. The molecule has 6 heavy (non-hydrogen) atoms. The molecular weight excluding hydrogens is 140 g/mol. The molecule has 0 aromatic carbocycles. The van der Waals surface area contributed by atoms with Crippen LogP contribution < -0.4 is 0 Å². The molecule has 0 bridgehead atoms. The fourth-order valence-corrected chi connectivity index (χ4v) is 0.507. The van der Waals surface area contributed by atoms with Gasteiger partial charge in [0.05, 0.1) is 0 Å². The van der Waals surface area contributed by atoms with Crippen molar-refractivity contribution >= 4 is 25.2 Å². The lowest BCUT2D eigenvalue weighted by molar-refractivity contribution is -0.107. The van der Waals surface area contributed by atoms with Gasteiger partial charge >= 0.3 is 0 Å². The number of hydrogen-bond acceptors (Lipinski definition) is 1. The highest BCUT2D eigenvalue weighted by atomic mass is 32.4. The standard InChI is InChI=1S/CH6FOP3/c2-3-1-6(4)5/h1,4-5H2. The van der Waals surface area contributed by atoms with Gasteiger partial charge in [-0.25, -0.2) is 0 Å². The Morgan fingerprint density at radius 2 is 2.17 bits per heavy atom. The predicted molar refractivity (Wildman–Crippen MR) is 33.4 cm³/mol. The Hall–Kier alpha value is 1.18. The van der Waals surface area contributed by atoms with E-state index in [1.165, 1.54) is 0 Å². The van der Waals surface area contributed by atoms with Crippen molar-refractivity contribution in [2.75, 3.05) is 6.35 Å². The van der Waals surface area contributed by atoms with Crippen LogP contribution in [0.5, 0.6) is 0 Å². The van der Waals surface area contributed by atoms with Crippen molar-refractivity contribution in [2.24, 2.45) is 0 Å². The third-order valence-electron chi connectivity index (χ3n) is 0.198. The van der Waals surface area contributed by atoms with Crippen LogP contribution in [0.3, 0.4) is 0 Å². The zero-order valence-corrected chi connectivity index (χ0v) is 6.30. The number of rotatable bonds is 2. The number of halogens is 1. The zero-order valence-electron chi connectivity index (χ0n) is 3.10. The average molecular weight is 146 g/mol. The van der Waals surface area contributed by atoms with Crippen LogP contribution in [0.15, 0.2) is 0 Å². The van der Waals surface area contributed by atoms with Crippen LogP contribution in [-0.4, -0.2) is 6.35 Å². The summed E-state index contributed by atoms with van der Waals surface area (Å²) in [7, 11) is 4.52. The largest absolute Gasteiger partial charge is 0.189 e. The molecule has 0 aromatic heterocycles. The molecule has 0 aliphatic carbocycles. The maximum Gasteiger partial charge on any atom is 0.114 e. The molecule has 2 atom stereocenters. The van der Waals surface area contributed by atoms with E-state index in [9.17, 15) is 4.53 Å². The van der Waals surface area contributed by atoms with Gasteiger partial charge in [-0.1, -0.05) is 0 Å². The summed E-state index contributed by atoms with van der Waals surface area (Å²) in [4.78, 5) is 3.29. The van der Waals surface area contributed by atoms with E-state index in [0.717, 1.165) is 0 Å². The molecule has 0 spiro atoms. The first-order chi connectivity index (χ1) is 2.77. The van der Waals surface area contributed by atoms with E-state index in [2.05, 4.69) is 22.8 Å². The van der Waals surface area contributed by atoms with E-state index in [0.29, 0.717) is 0 Å². The topological polar surface area (TPSA) is 9.23 Å². The van der Waals surface area contributed by atoms with Crippen molar-refractivity contribution in [3.8, 4) is 0 Å². The molecule has 38 valence electrons. The predicted octanol–water partition coefficient (Wildman–Crippen LogP) is 1.91. The lowest BCUT2D eigenvalue weighted by Gasteiger charge is -1.94. The normalized spacial score (nSPS) is 10.0. The van der Waals surface area contributed by atoms with Crippen LogP contribution in [0, 0.1) is 0 Å². The first-order valence-corrected chi connectivity index (χ1v) is 6.04. The minimum atomic E-state index is -0.364. The van der Waals surface area contributed by atoms with Crippen LogP contribution in [0.2, 0.25) is 0 Å². The summed E-state index contributed by atoms with van der Waals surface area (Å²) in [5.74, 6) is 0. The SMILES string of the molecule is FOCP(P)P. The second kappa shape index (κ2) is 4.34. The molecule has 2 unspecified atom stereocenters. The van der Waals surface area contributed by atoms with E-state index >= 15 is 0 Å². The molecule has 0 fully saturated rings. The zero-order chi connectivity index (χ0) is 4.99. The summed E-state index contributed by atoms with van der Waals surface area (Å²) < 4.78 is 10.7. The van der Waals surface area contributed by atoms with Crippen LogP contribution in [0.4, 0.5) is 4.53 Å². The van der Waals surface area contributed by atoms with E-state index in [1.807, 2.05) is 0 Å². The van der Waals surface area contributed by atoms with Crippen molar-refractivity contribution < 1.29 is 9.47 Å². The maximum absolute atomic E-state index is 10.7. The van der Waals surface area contributed by atoms with Crippen molar-refractivity contribution in [2.45, 2.75) is 0 Å². The average Bonchev–Trinajstić information content (AvgIpc) is 1.35. The highest BCUT2D eigenvalue weighted by Gasteiger charge is 1.88. The lowest BCUT2D eigenvalue weighted by Crippen LogP contribution is -1.67. The Kier molecular flexibility index (Phi) is 5.20. The smallest absolute Gasteiger partial charge is 0.114 e. The fraction of sp³-hybridized carbons (Fsp3) is 1.00. The van der Waals surface area contributed by atoms with Gasteiger partial charge in [-0.05, 0) is 11.8 Å². The van der Waals surface area contributed by atoms with Crippen LogP contribution >= 0.6 is 25.2 Å². The Bertz CT molecular complexity index is 32.0. The lowest BCUT2D eigenvalue weighted by atomic mass is 11.7. The Labute approximate surface area is 41.9 Å². The molecule has 0 heterocycles. The van der Waals surface area contributed by atoms with E-state index in [-0.39, 0.29) is 13.6 Å². The van der Waals surface area contributed by atoms with Crippen LogP contribution in [0.25, 0.3) is 0 Å². The molecule has 0 saturated carbocycles. The molecular formula is CH6FOP3. The summed E-state index contributed by atoms with van der Waals surface area (Å²) in [6.07, 6.45) is 0.199. The molecule has 1 nitrogen and oxygen atoms in total. The van der Waals surface area contributed by atoms with E-state index in [4.69, 9.17) is 0 Å². The Morgan fingerprint density at radius 1 is 1.67 bits per heavy atom. The van der Waals surface area contributed by atoms with Gasteiger partial charge < -0.3 is 0 Å².